The van der Waals surface area contributed by atoms with Gasteiger partial charge in [-0.25, -0.2) is 0 Å². The number of cyclic esters (lactones) is 1. The normalized spacial score (nSPS) is 43.9. The Balaban J connectivity index is 1.93. The third-order valence-corrected chi connectivity index (χ3v) is 8.74. The molecule has 3 N–H and O–H groups in total. The Morgan fingerprint density at radius 3 is 2.46 bits per heavy atom. The zero-order chi connectivity index (χ0) is 27.9. The molecule has 9 nitrogen and oxygen atoms in total. The quantitative estimate of drug-likeness (QED) is 0.446. The second-order valence-corrected chi connectivity index (χ2v) is 12.2. The van der Waals surface area contributed by atoms with E-state index in [1.165, 1.54) is 6.92 Å². The number of rotatable bonds is 6. The van der Waals surface area contributed by atoms with Crippen LogP contribution in [0.4, 0.5) is 0 Å². The fourth-order valence-corrected chi connectivity index (χ4v) is 6.44. The molecule has 3 aliphatic heterocycles. The first-order valence-corrected chi connectivity index (χ1v) is 13.6. The predicted molar refractivity (Wildman–Crippen MR) is 136 cm³/mol. The van der Waals surface area contributed by atoms with E-state index in [2.05, 4.69) is 6.92 Å². The lowest BCUT2D eigenvalue weighted by Crippen LogP contribution is -2.57. The largest absolute Gasteiger partial charge is 0.491 e. The van der Waals surface area contributed by atoms with E-state index in [0.29, 0.717) is 31.4 Å². The van der Waals surface area contributed by atoms with Crippen molar-refractivity contribution in [3.63, 3.8) is 0 Å². The third kappa shape index (κ3) is 6.17. The number of hydrogen-bond donors (Lipinski definition) is 3. The molecule has 0 amide bonds. The Hall–Kier alpha value is -1.23. The summed E-state index contributed by atoms with van der Waals surface area (Å²) in [6, 6.07) is 0. The zero-order valence-corrected chi connectivity index (χ0v) is 23.9. The molecular weight excluding hydrogens is 480 g/mol. The molecule has 11 atom stereocenters. The van der Waals surface area contributed by atoms with E-state index in [9.17, 15) is 20.1 Å². The van der Waals surface area contributed by atoms with Gasteiger partial charge >= 0.3 is 5.97 Å². The molecule has 214 valence electrons. The molecule has 37 heavy (non-hydrogen) atoms. The molecule has 2 bridgehead atoms. The highest BCUT2D eigenvalue weighted by atomic mass is 16.7. The van der Waals surface area contributed by atoms with Gasteiger partial charge in [-0.1, -0.05) is 20.8 Å². The lowest BCUT2D eigenvalue weighted by atomic mass is 9.81. The minimum absolute atomic E-state index is 0.0582. The van der Waals surface area contributed by atoms with Gasteiger partial charge in [0.2, 0.25) is 0 Å². The van der Waals surface area contributed by atoms with Crippen LogP contribution < -0.4 is 0 Å². The zero-order valence-electron chi connectivity index (χ0n) is 23.9. The molecular formula is C28H48O9. The molecule has 2 saturated heterocycles. The van der Waals surface area contributed by atoms with Gasteiger partial charge in [0.25, 0.3) is 0 Å². The predicted octanol–water partition coefficient (Wildman–Crippen LogP) is 3.23. The lowest BCUT2D eigenvalue weighted by molar-refractivity contribution is -0.292. The number of ether oxygens (including phenoxy) is 5. The SMILES string of the molecule is CC[C@@H](O)[C@@](C)(O)[C@@H]1OC(=O)C[C@@H](O[C@H]2CC(C)(OC)[C@@H](O)C(C)O2)[C@H](C)C[C@@]2(C)CC(C)=C(O2)[C@@H]1C. The van der Waals surface area contributed by atoms with Gasteiger partial charge in [-0.15, -0.1) is 0 Å². The summed E-state index contributed by atoms with van der Waals surface area (Å²) in [7, 11) is 1.55. The van der Waals surface area contributed by atoms with Gasteiger partial charge in [0.1, 0.15) is 29.2 Å². The van der Waals surface area contributed by atoms with Gasteiger partial charge in [-0.3, -0.25) is 4.79 Å². The fourth-order valence-electron chi connectivity index (χ4n) is 6.44. The topological polar surface area (TPSA) is 124 Å². The molecule has 0 aliphatic carbocycles. The standard InChI is InChI=1S/C28H48O9/c1-10-20(29)28(8,32)25-17(4)23-16(3)13-26(6,37-23)12-15(2)19(11-21(30)36-25)35-22-14-27(7,33-9)24(31)18(5)34-22/h15,17-20,22,24-25,29,31-32H,10-14H2,1-9H3/t15-,17+,18?,19-,20-,22+,24+,25-,26+,27?,28-/m1/s1. The number of aliphatic hydroxyl groups is 3. The molecule has 9 heteroatoms. The summed E-state index contributed by atoms with van der Waals surface area (Å²) in [5.74, 6) is -0.388. The first-order chi connectivity index (χ1) is 17.1. The average molecular weight is 529 g/mol. The summed E-state index contributed by atoms with van der Waals surface area (Å²) in [6.07, 6.45) is -2.84. The van der Waals surface area contributed by atoms with Crippen molar-refractivity contribution in [3.05, 3.63) is 11.3 Å². The maximum absolute atomic E-state index is 13.3. The molecule has 3 heterocycles. The number of carbonyl (C=O) groups excluding carboxylic acids is 1. The molecule has 2 unspecified atom stereocenters. The molecule has 0 aromatic rings. The van der Waals surface area contributed by atoms with E-state index in [4.69, 9.17) is 23.7 Å². The van der Waals surface area contributed by atoms with Crippen LogP contribution in [-0.4, -0.2) is 82.0 Å². The second kappa shape index (κ2) is 11.1. The van der Waals surface area contributed by atoms with E-state index in [0.717, 1.165) is 5.57 Å². The Bertz CT molecular complexity index is 857. The van der Waals surface area contributed by atoms with Crippen LogP contribution >= 0.6 is 0 Å². The number of aliphatic hydroxyl groups excluding tert-OH is 2. The summed E-state index contributed by atoms with van der Waals surface area (Å²) in [5.41, 5.74) is -2.02. The highest BCUT2D eigenvalue weighted by Crippen LogP contribution is 2.45. The van der Waals surface area contributed by atoms with Crippen molar-refractivity contribution in [2.75, 3.05) is 7.11 Å². The minimum atomic E-state index is -1.69. The van der Waals surface area contributed by atoms with Crippen molar-refractivity contribution < 1.29 is 43.8 Å². The maximum atomic E-state index is 13.3. The highest BCUT2D eigenvalue weighted by molar-refractivity contribution is 5.70. The van der Waals surface area contributed by atoms with Crippen LogP contribution in [0.25, 0.3) is 0 Å². The van der Waals surface area contributed by atoms with E-state index in [1.807, 2.05) is 27.7 Å². The van der Waals surface area contributed by atoms with Crippen LogP contribution in [0, 0.1) is 11.8 Å². The summed E-state index contributed by atoms with van der Waals surface area (Å²) in [6.45, 7) is 14.8. The van der Waals surface area contributed by atoms with Crippen LogP contribution in [0.15, 0.2) is 11.3 Å². The third-order valence-electron chi connectivity index (χ3n) is 8.74. The highest BCUT2D eigenvalue weighted by Gasteiger charge is 2.51. The molecule has 0 radical (unpaired) electrons. The van der Waals surface area contributed by atoms with Crippen molar-refractivity contribution in [2.45, 2.75) is 141 Å². The Labute approximate surface area is 221 Å². The van der Waals surface area contributed by atoms with E-state index in [1.54, 1.807) is 21.0 Å². The van der Waals surface area contributed by atoms with Crippen LogP contribution in [0.5, 0.6) is 0 Å². The summed E-state index contributed by atoms with van der Waals surface area (Å²) < 4.78 is 30.4. The second-order valence-electron chi connectivity index (χ2n) is 12.2. The van der Waals surface area contributed by atoms with Crippen molar-refractivity contribution >= 4 is 5.97 Å². The first kappa shape index (κ1) is 30.3. The molecule has 3 rings (SSSR count). The monoisotopic (exact) mass is 528 g/mol. The van der Waals surface area contributed by atoms with Crippen molar-refractivity contribution in [1.29, 1.82) is 0 Å². The van der Waals surface area contributed by atoms with Crippen LogP contribution in [-0.2, 0) is 28.5 Å². The summed E-state index contributed by atoms with van der Waals surface area (Å²) in [4.78, 5) is 13.3. The van der Waals surface area contributed by atoms with E-state index in [-0.39, 0.29) is 12.3 Å². The average Bonchev–Trinajstić information content (AvgIpc) is 3.11. The molecule has 0 saturated carbocycles. The molecule has 3 aliphatic rings. The first-order valence-electron chi connectivity index (χ1n) is 13.6. The Kier molecular flexibility index (Phi) is 9.09. The Morgan fingerprint density at radius 1 is 1.22 bits per heavy atom. The minimum Gasteiger partial charge on any atom is -0.491 e. The van der Waals surface area contributed by atoms with Gasteiger partial charge < -0.3 is 39.0 Å². The molecule has 0 aromatic heterocycles. The molecule has 2 fully saturated rings. The fraction of sp³-hybridized carbons (Fsp3) is 0.893. The summed E-state index contributed by atoms with van der Waals surface area (Å²) in [5, 5.41) is 32.6. The van der Waals surface area contributed by atoms with Gasteiger partial charge in [0.05, 0.1) is 36.3 Å². The smallest absolute Gasteiger partial charge is 0.308 e. The van der Waals surface area contributed by atoms with Crippen LogP contribution in [0.2, 0.25) is 0 Å². The molecule has 0 aromatic carbocycles. The van der Waals surface area contributed by atoms with Gasteiger partial charge in [-0.2, -0.15) is 0 Å². The number of fused-ring (bicyclic) bond motifs is 2. The number of methoxy groups -OCH3 is 1. The lowest BCUT2D eigenvalue weighted by Gasteiger charge is -2.45. The van der Waals surface area contributed by atoms with E-state index >= 15 is 0 Å². The number of hydrogen-bond acceptors (Lipinski definition) is 9. The van der Waals surface area contributed by atoms with Crippen molar-refractivity contribution in [2.24, 2.45) is 11.8 Å². The van der Waals surface area contributed by atoms with Gasteiger partial charge in [-0.05, 0) is 59.0 Å². The summed E-state index contributed by atoms with van der Waals surface area (Å²) >= 11 is 0. The van der Waals surface area contributed by atoms with Gasteiger partial charge in [0.15, 0.2) is 6.29 Å². The Morgan fingerprint density at radius 2 is 1.86 bits per heavy atom. The van der Waals surface area contributed by atoms with Gasteiger partial charge in [0, 0.05) is 20.0 Å². The van der Waals surface area contributed by atoms with Crippen molar-refractivity contribution in [1.82, 2.24) is 0 Å². The molecule has 0 spiro atoms. The van der Waals surface area contributed by atoms with Crippen LogP contribution in [0.3, 0.4) is 0 Å². The maximum Gasteiger partial charge on any atom is 0.308 e. The van der Waals surface area contributed by atoms with E-state index < -0.39 is 65.5 Å². The number of esters is 1. The van der Waals surface area contributed by atoms with Crippen molar-refractivity contribution in [3.8, 4) is 0 Å². The van der Waals surface area contributed by atoms with Crippen LogP contribution in [0.1, 0.15) is 87.5 Å². The number of carbonyl (C=O) groups is 1.